The van der Waals surface area contributed by atoms with Gasteiger partial charge in [-0.05, 0) is 38.1 Å². The Morgan fingerprint density at radius 3 is 2.56 bits per heavy atom. The molecule has 1 fully saturated rings. The second kappa shape index (κ2) is 10.3. The molecule has 1 aliphatic heterocycles. The van der Waals surface area contributed by atoms with Crippen LogP contribution in [0.1, 0.15) is 38.8 Å². The smallest absolute Gasteiger partial charge is 0.191 e. The SMILES string of the molecule is CCNC(=NCC(c1ccccc1Cl)N(CC)CC)NC1CCS(=O)(=O)C1. The summed E-state index contributed by atoms with van der Waals surface area (Å²) in [6.45, 7) is 9.30. The fourth-order valence-corrected chi connectivity index (χ4v) is 5.36. The fourth-order valence-electron chi connectivity index (χ4n) is 3.42. The van der Waals surface area contributed by atoms with E-state index in [0.29, 0.717) is 25.5 Å². The first kappa shape index (κ1) is 22.0. The first-order chi connectivity index (χ1) is 12.9. The minimum absolute atomic E-state index is 0.0662. The zero-order chi connectivity index (χ0) is 19.9. The molecule has 2 unspecified atom stereocenters. The Labute approximate surface area is 168 Å². The summed E-state index contributed by atoms with van der Waals surface area (Å²) in [7, 11) is -2.93. The van der Waals surface area contributed by atoms with Gasteiger partial charge in [-0.2, -0.15) is 0 Å². The number of aliphatic imine (C=N–C) groups is 1. The van der Waals surface area contributed by atoms with Gasteiger partial charge in [-0.25, -0.2) is 8.42 Å². The maximum absolute atomic E-state index is 11.7. The molecule has 27 heavy (non-hydrogen) atoms. The molecule has 2 atom stereocenters. The zero-order valence-corrected chi connectivity index (χ0v) is 18.0. The zero-order valence-electron chi connectivity index (χ0n) is 16.4. The largest absolute Gasteiger partial charge is 0.357 e. The van der Waals surface area contributed by atoms with Crippen LogP contribution in [0.15, 0.2) is 29.3 Å². The van der Waals surface area contributed by atoms with Crippen LogP contribution in [0, 0.1) is 0 Å². The molecule has 152 valence electrons. The molecule has 0 aromatic heterocycles. The lowest BCUT2D eigenvalue weighted by Gasteiger charge is -2.30. The molecule has 6 nitrogen and oxygen atoms in total. The Hall–Kier alpha value is -1.31. The maximum Gasteiger partial charge on any atom is 0.191 e. The lowest BCUT2D eigenvalue weighted by atomic mass is 10.1. The van der Waals surface area contributed by atoms with Gasteiger partial charge in [-0.15, -0.1) is 0 Å². The monoisotopic (exact) mass is 414 g/mol. The number of benzene rings is 1. The van der Waals surface area contributed by atoms with Gasteiger partial charge in [0.1, 0.15) is 0 Å². The van der Waals surface area contributed by atoms with E-state index in [1.807, 2.05) is 31.2 Å². The Balaban J connectivity index is 2.19. The number of hydrogen-bond acceptors (Lipinski definition) is 4. The predicted octanol–water partition coefficient (Wildman–Crippen LogP) is 2.47. The number of guanidine groups is 1. The quantitative estimate of drug-likeness (QED) is 0.505. The lowest BCUT2D eigenvalue weighted by molar-refractivity contribution is 0.224. The van der Waals surface area contributed by atoms with E-state index in [2.05, 4.69) is 29.4 Å². The van der Waals surface area contributed by atoms with Crippen molar-refractivity contribution in [2.75, 3.05) is 37.7 Å². The van der Waals surface area contributed by atoms with Crippen molar-refractivity contribution < 1.29 is 8.42 Å². The molecule has 0 amide bonds. The van der Waals surface area contributed by atoms with Crippen LogP contribution in [0.5, 0.6) is 0 Å². The first-order valence-electron chi connectivity index (χ1n) is 9.63. The number of sulfone groups is 1. The number of nitrogens with one attached hydrogen (secondary N) is 2. The average molecular weight is 415 g/mol. The molecule has 0 radical (unpaired) electrons. The molecule has 1 aromatic carbocycles. The fraction of sp³-hybridized carbons (Fsp3) is 0.632. The average Bonchev–Trinajstić information content (AvgIpc) is 2.98. The van der Waals surface area contributed by atoms with Crippen LogP contribution in [0.4, 0.5) is 0 Å². The second-order valence-electron chi connectivity index (χ2n) is 6.72. The molecule has 0 saturated carbocycles. The van der Waals surface area contributed by atoms with Gasteiger partial charge >= 0.3 is 0 Å². The van der Waals surface area contributed by atoms with Crippen LogP contribution in [-0.2, 0) is 9.84 Å². The summed E-state index contributed by atoms with van der Waals surface area (Å²) in [5, 5.41) is 7.24. The standard InChI is InChI=1S/C19H31ClN4O2S/c1-4-21-19(23-15-11-12-27(25,26)14-15)22-13-18(24(5-2)6-3)16-9-7-8-10-17(16)20/h7-10,15,18H,4-6,11-14H2,1-3H3,(H2,21,22,23). The number of likely N-dealkylation sites (N-methyl/N-ethyl adjacent to an activating group) is 1. The molecule has 1 saturated heterocycles. The Kier molecular flexibility index (Phi) is 8.38. The third-order valence-corrected chi connectivity index (χ3v) is 6.97. The third kappa shape index (κ3) is 6.36. The van der Waals surface area contributed by atoms with Crippen molar-refractivity contribution in [1.82, 2.24) is 15.5 Å². The van der Waals surface area contributed by atoms with E-state index in [4.69, 9.17) is 16.6 Å². The van der Waals surface area contributed by atoms with Crippen LogP contribution in [0.3, 0.4) is 0 Å². The Morgan fingerprint density at radius 1 is 1.30 bits per heavy atom. The number of hydrogen-bond donors (Lipinski definition) is 2. The van der Waals surface area contributed by atoms with E-state index in [1.165, 1.54) is 0 Å². The topological polar surface area (TPSA) is 73.8 Å². The number of rotatable bonds is 8. The van der Waals surface area contributed by atoms with Crippen LogP contribution < -0.4 is 10.6 Å². The highest BCUT2D eigenvalue weighted by molar-refractivity contribution is 7.91. The second-order valence-corrected chi connectivity index (χ2v) is 9.36. The minimum atomic E-state index is -2.93. The molecule has 1 aliphatic rings. The van der Waals surface area contributed by atoms with Gasteiger partial charge < -0.3 is 10.6 Å². The van der Waals surface area contributed by atoms with Gasteiger partial charge in [0.25, 0.3) is 0 Å². The summed E-state index contributed by atoms with van der Waals surface area (Å²) >= 11 is 6.45. The van der Waals surface area contributed by atoms with Crippen LogP contribution in [-0.4, -0.2) is 63.0 Å². The van der Waals surface area contributed by atoms with Gasteiger partial charge in [0.05, 0.1) is 24.1 Å². The van der Waals surface area contributed by atoms with E-state index in [1.54, 1.807) is 0 Å². The molecule has 0 aliphatic carbocycles. The summed E-state index contributed by atoms with van der Waals surface area (Å²) in [6, 6.07) is 7.86. The van der Waals surface area contributed by atoms with Crippen molar-refractivity contribution >= 4 is 27.4 Å². The van der Waals surface area contributed by atoms with Crippen LogP contribution in [0.2, 0.25) is 5.02 Å². The number of halogens is 1. The van der Waals surface area contributed by atoms with Crippen molar-refractivity contribution in [2.24, 2.45) is 4.99 Å². The Morgan fingerprint density at radius 2 is 2.00 bits per heavy atom. The first-order valence-corrected chi connectivity index (χ1v) is 11.8. The lowest BCUT2D eigenvalue weighted by Crippen LogP contribution is -2.44. The normalized spacial score (nSPS) is 20.6. The summed E-state index contributed by atoms with van der Waals surface area (Å²) < 4.78 is 23.4. The van der Waals surface area contributed by atoms with E-state index in [0.717, 1.165) is 23.7 Å². The van der Waals surface area contributed by atoms with Crippen molar-refractivity contribution in [2.45, 2.75) is 39.3 Å². The van der Waals surface area contributed by atoms with E-state index < -0.39 is 9.84 Å². The number of nitrogens with zero attached hydrogens (tertiary/aromatic N) is 2. The van der Waals surface area contributed by atoms with Gasteiger partial charge in [-0.3, -0.25) is 9.89 Å². The maximum atomic E-state index is 11.7. The van der Waals surface area contributed by atoms with Crippen molar-refractivity contribution in [3.05, 3.63) is 34.9 Å². The summed E-state index contributed by atoms with van der Waals surface area (Å²) in [6.07, 6.45) is 0.622. The van der Waals surface area contributed by atoms with Gasteiger partial charge in [0.2, 0.25) is 0 Å². The summed E-state index contributed by atoms with van der Waals surface area (Å²) in [4.78, 5) is 7.09. The highest BCUT2D eigenvalue weighted by Crippen LogP contribution is 2.27. The van der Waals surface area contributed by atoms with Crippen molar-refractivity contribution in [1.29, 1.82) is 0 Å². The molecule has 0 spiro atoms. The van der Waals surface area contributed by atoms with Gasteiger partial charge in [0, 0.05) is 17.6 Å². The molecule has 0 bridgehead atoms. The molecule has 1 aromatic rings. The molecular weight excluding hydrogens is 384 g/mol. The van der Waals surface area contributed by atoms with E-state index in [-0.39, 0.29) is 23.6 Å². The molecule has 8 heteroatoms. The Bertz CT molecular complexity index is 735. The van der Waals surface area contributed by atoms with Crippen molar-refractivity contribution in [3.63, 3.8) is 0 Å². The van der Waals surface area contributed by atoms with Crippen LogP contribution >= 0.6 is 11.6 Å². The molecule has 2 rings (SSSR count). The highest BCUT2D eigenvalue weighted by atomic mass is 35.5. The summed E-state index contributed by atoms with van der Waals surface area (Å²) in [5.74, 6) is 1.07. The van der Waals surface area contributed by atoms with Gasteiger partial charge in [-0.1, -0.05) is 43.6 Å². The van der Waals surface area contributed by atoms with Gasteiger partial charge in [0.15, 0.2) is 15.8 Å². The van der Waals surface area contributed by atoms with Crippen LogP contribution in [0.25, 0.3) is 0 Å². The van der Waals surface area contributed by atoms with Crippen molar-refractivity contribution in [3.8, 4) is 0 Å². The third-order valence-electron chi connectivity index (χ3n) is 4.86. The molecule has 1 heterocycles. The van der Waals surface area contributed by atoms with E-state index >= 15 is 0 Å². The summed E-state index contributed by atoms with van der Waals surface area (Å²) in [5.41, 5.74) is 1.06. The molecular formula is C19H31ClN4O2S. The predicted molar refractivity (Wildman–Crippen MR) is 113 cm³/mol. The van der Waals surface area contributed by atoms with E-state index in [9.17, 15) is 8.42 Å². The minimum Gasteiger partial charge on any atom is -0.357 e. The highest BCUT2D eigenvalue weighted by Gasteiger charge is 2.28. The molecule has 2 N–H and O–H groups in total.